The number of rotatable bonds is 3. The molecule has 1 rings (SSSR count). The van der Waals surface area contributed by atoms with Crippen molar-refractivity contribution < 1.29 is 9.53 Å². The van der Waals surface area contributed by atoms with Crippen molar-refractivity contribution in [1.82, 2.24) is 0 Å². The van der Waals surface area contributed by atoms with Crippen LogP contribution in [0.15, 0.2) is 18.2 Å². The smallest absolute Gasteiger partial charge is 0.161 e. The molecule has 0 saturated heterocycles. The van der Waals surface area contributed by atoms with Crippen molar-refractivity contribution in [1.29, 1.82) is 0 Å². The second kappa shape index (κ2) is 4.86. The molecule has 0 aliphatic heterocycles. The van der Waals surface area contributed by atoms with Gasteiger partial charge in [0.05, 0.1) is 5.02 Å². The number of carbonyl (C=O) groups excluding carboxylic acids is 1. The molecule has 0 N–H and O–H groups in total. The van der Waals surface area contributed by atoms with Gasteiger partial charge in [0, 0.05) is 5.56 Å². The van der Waals surface area contributed by atoms with E-state index in [2.05, 4.69) is 5.92 Å². The quantitative estimate of drug-likeness (QED) is 0.581. The molecule has 0 aliphatic rings. The van der Waals surface area contributed by atoms with Crippen LogP contribution in [0, 0.1) is 12.3 Å². The lowest BCUT2D eigenvalue weighted by atomic mass is 10.1. The topological polar surface area (TPSA) is 26.3 Å². The molecule has 0 fully saturated rings. The molecule has 1 unspecified atom stereocenters. The molecule has 1 aromatic rings. The normalized spacial score (nSPS) is 11.6. The van der Waals surface area contributed by atoms with E-state index in [4.69, 9.17) is 22.8 Å². The van der Waals surface area contributed by atoms with Crippen molar-refractivity contribution in [2.24, 2.45) is 0 Å². The van der Waals surface area contributed by atoms with E-state index in [9.17, 15) is 4.79 Å². The average Bonchev–Trinajstić information content (AvgIpc) is 2.17. The van der Waals surface area contributed by atoms with Gasteiger partial charge in [-0.05, 0) is 32.0 Å². The summed E-state index contributed by atoms with van der Waals surface area (Å²) in [4.78, 5) is 11.1. The number of hydrogen-bond donors (Lipinski definition) is 0. The molecule has 0 bridgehead atoms. The van der Waals surface area contributed by atoms with E-state index < -0.39 is 0 Å². The predicted molar refractivity (Wildman–Crippen MR) is 60.4 cm³/mol. The highest BCUT2D eigenvalue weighted by Gasteiger charge is 2.07. The van der Waals surface area contributed by atoms with Crippen molar-refractivity contribution in [3.8, 4) is 18.1 Å². The highest BCUT2D eigenvalue weighted by Crippen LogP contribution is 2.23. The summed E-state index contributed by atoms with van der Waals surface area (Å²) in [6.07, 6.45) is 4.86. The van der Waals surface area contributed by atoms with Gasteiger partial charge < -0.3 is 4.74 Å². The third kappa shape index (κ3) is 3.00. The van der Waals surface area contributed by atoms with Crippen LogP contribution < -0.4 is 4.74 Å². The molecule has 2 nitrogen and oxygen atoms in total. The maximum atomic E-state index is 11.1. The van der Waals surface area contributed by atoms with Gasteiger partial charge in [0.25, 0.3) is 0 Å². The van der Waals surface area contributed by atoms with Crippen molar-refractivity contribution in [2.75, 3.05) is 0 Å². The Kier molecular flexibility index (Phi) is 3.76. The predicted octanol–water partition coefficient (Wildman–Crippen LogP) is 2.94. The Morgan fingerprint density at radius 1 is 1.60 bits per heavy atom. The van der Waals surface area contributed by atoms with E-state index in [1.54, 1.807) is 25.1 Å². The number of ketones is 1. The fraction of sp³-hybridized carbons (Fsp3) is 0.250. The van der Waals surface area contributed by atoms with Crippen LogP contribution in [0.2, 0.25) is 5.02 Å². The van der Waals surface area contributed by atoms with E-state index in [-0.39, 0.29) is 11.9 Å². The van der Waals surface area contributed by atoms with Crippen molar-refractivity contribution in [3.05, 3.63) is 28.8 Å². The summed E-state index contributed by atoms with van der Waals surface area (Å²) < 4.78 is 5.35. The van der Waals surface area contributed by atoms with Crippen molar-refractivity contribution >= 4 is 17.4 Å². The van der Waals surface area contributed by atoms with E-state index in [0.29, 0.717) is 16.3 Å². The molecule has 1 aromatic carbocycles. The zero-order chi connectivity index (χ0) is 11.4. The minimum atomic E-state index is -0.316. The summed E-state index contributed by atoms with van der Waals surface area (Å²) in [6.45, 7) is 3.22. The van der Waals surface area contributed by atoms with Gasteiger partial charge in [-0.3, -0.25) is 4.79 Å². The Balaban J connectivity index is 2.93. The van der Waals surface area contributed by atoms with E-state index in [1.165, 1.54) is 6.92 Å². The van der Waals surface area contributed by atoms with Gasteiger partial charge in [0.1, 0.15) is 5.75 Å². The molecule has 0 saturated carbocycles. The van der Waals surface area contributed by atoms with Crippen LogP contribution in [0.1, 0.15) is 24.2 Å². The van der Waals surface area contributed by atoms with Crippen LogP contribution in [0.4, 0.5) is 0 Å². The highest BCUT2D eigenvalue weighted by atomic mass is 35.5. The molecule has 0 amide bonds. The van der Waals surface area contributed by atoms with E-state index in [0.717, 1.165) is 0 Å². The molecule has 3 heteroatoms. The minimum absolute atomic E-state index is 0.0726. The zero-order valence-corrected chi connectivity index (χ0v) is 9.34. The Labute approximate surface area is 94.2 Å². The second-order valence-electron chi connectivity index (χ2n) is 3.12. The molecule has 0 heterocycles. The molecular weight excluding hydrogens is 212 g/mol. The maximum Gasteiger partial charge on any atom is 0.161 e. The Hall–Kier alpha value is -1.46. The number of Topliss-reactive ketones (excluding diaryl/α,β-unsaturated/α-hetero) is 1. The van der Waals surface area contributed by atoms with Gasteiger partial charge in [-0.2, -0.15) is 0 Å². The minimum Gasteiger partial charge on any atom is -0.478 e. The molecule has 0 spiro atoms. The van der Waals surface area contributed by atoms with Gasteiger partial charge in [-0.1, -0.05) is 17.5 Å². The highest BCUT2D eigenvalue weighted by molar-refractivity contribution is 6.34. The largest absolute Gasteiger partial charge is 0.478 e. The summed E-state index contributed by atoms with van der Waals surface area (Å²) in [7, 11) is 0. The van der Waals surface area contributed by atoms with Crippen LogP contribution in [-0.2, 0) is 0 Å². The number of hydrogen-bond acceptors (Lipinski definition) is 2. The summed E-state index contributed by atoms with van der Waals surface area (Å²) in [6, 6.07) is 4.89. The van der Waals surface area contributed by atoms with E-state index in [1.807, 2.05) is 0 Å². The molecule has 15 heavy (non-hydrogen) atoms. The molecule has 0 radical (unpaired) electrons. The monoisotopic (exact) mass is 222 g/mol. The molecule has 1 atom stereocenters. The Morgan fingerprint density at radius 3 is 2.73 bits per heavy atom. The summed E-state index contributed by atoms with van der Waals surface area (Å²) in [5.74, 6) is 2.93. The van der Waals surface area contributed by atoms with Crippen LogP contribution in [0.25, 0.3) is 0 Å². The number of halogens is 1. The second-order valence-corrected chi connectivity index (χ2v) is 3.53. The third-order valence-electron chi connectivity index (χ3n) is 1.87. The SMILES string of the molecule is C#CC(C)Oc1ccc(C(C)=O)c(Cl)c1. The molecule has 0 aliphatic carbocycles. The van der Waals surface area contributed by atoms with Gasteiger partial charge in [-0.15, -0.1) is 6.42 Å². The Morgan fingerprint density at radius 2 is 2.27 bits per heavy atom. The van der Waals surface area contributed by atoms with Gasteiger partial charge in [-0.25, -0.2) is 0 Å². The first-order valence-electron chi connectivity index (χ1n) is 4.48. The zero-order valence-electron chi connectivity index (χ0n) is 8.58. The van der Waals surface area contributed by atoms with Crippen LogP contribution in [-0.4, -0.2) is 11.9 Å². The third-order valence-corrected chi connectivity index (χ3v) is 2.18. The number of carbonyl (C=O) groups is 1. The van der Waals surface area contributed by atoms with Gasteiger partial charge >= 0.3 is 0 Å². The van der Waals surface area contributed by atoms with Crippen LogP contribution in [0.5, 0.6) is 5.75 Å². The number of terminal acetylenes is 1. The fourth-order valence-corrected chi connectivity index (χ4v) is 1.40. The van der Waals surface area contributed by atoms with Crippen LogP contribution in [0.3, 0.4) is 0 Å². The first kappa shape index (κ1) is 11.6. The first-order valence-corrected chi connectivity index (χ1v) is 4.85. The van der Waals surface area contributed by atoms with Crippen molar-refractivity contribution in [2.45, 2.75) is 20.0 Å². The van der Waals surface area contributed by atoms with E-state index >= 15 is 0 Å². The lowest BCUT2D eigenvalue weighted by molar-refractivity contribution is 0.101. The number of ether oxygens (including phenoxy) is 1. The van der Waals surface area contributed by atoms with Gasteiger partial charge in [0.15, 0.2) is 11.9 Å². The average molecular weight is 223 g/mol. The molecular formula is C12H11ClO2. The molecule has 78 valence electrons. The lowest BCUT2D eigenvalue weighted by Gasteiger charge is -2.09. The fourth-order valence-electron chi connectivity index (χ4n) is 1.09. The first-order chi connectivity index (χ1) is 7.04. The summed E-state index contributed by atoms with van der Waals surface area (Å²) in [5.41, 5.74) is 0.484. The Bertz CT molecular complexity index is 418. The standard InChI is InChI=1S/C12H11ClO2/c1-4-8(2)15-10-5-6-11(9(3)14)12(13)7-10/h1,5-8H,2-3H3. The van der Waals surface area contributed by atoms with Gasteiger partial charge in [0.2, 0.25) is 0 Å². The molecule has 0 aromatic heterocycles. The maximum absolute atomic E-state index is 11.1. The van der Waals surface area contributed by atoms with Crippen LogP contribution >= 0.6 is 11.6 Å². The lowest BCUT2D eigenvalue weighted by Crippen LogP contribution is -2.08. The summed E-state index contributed by atoms with van der Waals surface area (Å²) in [5, 5.41) is 0.379. The van der Waals surface area contributed by atoms with Crippen molar-refractivity contribution in [3.63, 3.8) is 0 Å². The number of benzene rings is 1. The summed E-state index contributed by atoms with van der Waals surface area (Å²) >= 11 is 5.90.